The van der Waals surface area contributed by atoms with E-state index in [4.69, 9.17) is 4.74 Å². The summed E-state index contributed by atoms with van der Waals surface area (Å²) in [6.45, 7) is 1.26. The molecule has 1 amide bonds. The van der Waals surface area contributed by atoms with Gasteiger partial charge in [-0.1, -0.05) is 6.07 Å². The molecule has 1 aromatic rings. The van der Waals surface area contributed by atoms with Gasteiger partial charge in [0.2, 0.25) is 0 Å². The highest BCUT2D eigenvalue weighted by molar-refractivity contribution is 5.90. The smallest absolute Gasteiger partial charge is 0.416 e. The molecule has 0 radical (unpaired) electrons. The number of alkyl halides is 7. The van der Waals surface area contributed by atoms with Crippen LogP contribution < -0.4 is 4.90 Å². The topological polar surface area (TPSA) is 29.5 Å². The van der Waals surface area contributed by atoms with E-state index in [-0.39, 0.29) is 0 Å². The van der Waals surface area contributed by atoms with Gasteiger partial charge in [-0.3, -0.25) is 4.90 Å². The zero-order valence-corrected chi connectivity index (χ0v) is 13.8. The molecule has 146 valence electrons. The van der Waals surface area contributed by atoms with Gasteiger partial charge in [-0.2, -0.15) is 26.3 Å². The molecule has 0 fully saturated rings. The van der Waals surface area contributed by atoms with Crippen LogP contribution in [0.1, 0.15) is 25.0 Å². The SMILES string of the molecule is CC(C)OC(=O)N1c2cccc(C(F)(F)F)c2CC(C(F)(F)F)C1CF. The number of rotatable bonds is 2. The van der Waals surface area contributed by atoms with E-state index in [0.29, 0.717) is 11.0 Å². The lowest BCUT2D eigenvalue weighted by Gasteiger charge is -2.41. The van der Waals surface area contributed by atoms with Gasteiger partial charge in [0.05, 0.1) is 29.3 Å². The number of halogens is 7. The zero-order valence-electron chi connectivity index (χ0n) is 13.8. The van der Waals surface area contributed by atoms with E-state index < -0.39 is 66.4 Å². The van der Waals surface area contributed by atoms with Gasteiger partial charge < -0.3 is 4.74 Å². The summed E-state index contributed by atoms with van der Waals surface area (Å²) in [5.74, 6) is -2.48. The molecule has 1 aliphatic rings. The van der Waals surface area contributed by atoms with Crippen molar-refractivity contribution in [2.24, 2.45) is 5.92 Å². The van der Waals surface area contributed by atoms with E-state index in [1.165, 1.54) is 13.8 Å². The second-order valence-electron chi connectivity index (χ2n) is 6.18. The van der Waals surface area contributed by atoms with E-state index in [0.717, 1.165) is 12.1 Å². The monoisotopic (exact) mass is 387 g/mol. The maximum Gasteiger partial charge on any atom is 0.416 e. The standard InChI is InChI=1S/C16H16F7NO2/c1-8(2)26-14(25)24-12-5-3-4-10(15(18,19)20)9(12)6-11(13(24)7-17)16(21,22)23/h3-5,8,11,13H,6-7H2,1-2H3. The zero-order chi connectivity index (χ0) is 19.9. The summed E-state index contributed by atoms with van der Waals surface area (Å²) in [5, 5.41) is 0. The summed E-state index contributed by atoms with van der Waals surface area (Å²) in [6, 6.07) is 0.646. The fraction of sp³-hybridized carbons (Fsp3) is 0.562. The summed E-state index contributed by atoms with van der Waals surface area (Å²) in [5.41, 5.74) is -2.41. The normalized spacial score (nSPS) is 20.9. The Morgan fingerprint density at radius 1 is 1.23 bits per heavy atom. The van der Waals surface area contributed by atoms with Gasteiger partial charge in [0.25, 0.3) is 0 Å². The minimum atomic E-state index is -5.00. The minimum Gasteiger partial charge on any atom is -0.446 e. The highest BCUT2D eigenvalue weighted by Crippen LogP contribution is 2.46. The first kappa shape index (κ1) is 20.3. The number of nitrogens with zero attached hydrogens (tertiary/aromatic N) is 1. The number of carbonyl (C=O) groups is 1. The maximum absolute atomic E-state index is 13.5. The van der Waals surface area contributed by atoms with Crippen LogP contribution in [0.4, 0.5) is 41.2 Å². The van der Waals surface area contributed by atoms with E-state index in [9.17, 15) is 35.5 Å². The molecular weight excluding hydrogens is 371 g/mol. The summed E-state index contributed by atoms with van der Waals surface area (Å²) in [7, 11) is 0. The second-order valence-corrected chi connectivity index (χ2v) is 6.18. The summed E-state index contributed by atoms with van der Waals surface area (Å²) in [4.78, 5) is 12.6. The van der Waals surface area contributed by atoms with Crippen molar-refractivity contribution in [2.75, 3.05) is 11.6 Å². The summed E-state index contributed by atoms with van der Waals surface area (Å²) in [6.07, 6.45) is -13.1. The molecule has 0 saturated heterocycles. The molecule has 0 aliphatic carbocycles. The third-order valence-electron chi connectivity index (χ3n) is 4.05. The molecule has 0 aromatic heterocycles. The van der Waals surface area contributed by atoms with Crippen LogP contribution in [0.5, 0.6) is 0 Å². The Bertz CT molecular complexity index is 670. The van der Waals surface area contributed by atoms with E-state index in [1.54, 1.807) is 0 Å². The Morgan fingerprint density at radius 2 is 1.85 bits per heavy atom. The van der Waals surface area contributed by atoms with Crippen LogP contribution in [0.3, 0.4) is 0 Å². The van der Waals surface area contributed by atoms with Crippen molar-refractivity contribution in [1.82, 2.24) is 0 Å². The number of amides is 1. The lowest BCUT2D eigenvalue weighted by Crippen LogP contribution is -2.55. The van der Waals surface area contributed by atoms with Gasteiger partial charge in [0, 0.05) is 0 Å². The van der Waals surface area contributed by atoms with E-state index in [2.05, 4.69) is 0 Å². The van der Waals surface area contributed by atoms with Crippen LogP contribution in [-0.4, -0.2) is 31.1 Å². The molecule has 2 rings (SSSR count). The van der Waals surface area contributed by atoms with Crippen molar-refractivity contribution < 1.29 is 40.3 Å². The fourth-order valence-electron chi connectivity index (χ4n) is 3.00. The average Bonchev–Trinajstić information content (AvgIpc) is 2.49. The number of hydrogen-bond donors (Lipinski definition) is 0. The molecule has 3 nitrogen and oxygen atoms in total. The average molecular weight is 387 g/mol. The number of hydrogen-bond acceptors (Lipinski definition) is 2. The molecule has 2 atom stereocenters. The molecule has 1 heterocycles. The Kier molecular flexibility index (Phi) is 5.44. The van der Waals surface area contributed by atoms with Gasteiger partial charge in [0.1, 0.15) is 6.67 Å². The van der Waals surface area contributed by atoms with Crippen LogP contribution in [0.25, 0.3) is 0 Å². The molecule has 0 N–H and O–H groups in total. The largest absolute Gasteiger partial charge is 0.446 e. The predicted molar refractivity (Wildman–Crippen MR) is 78.6 cm³/mol. The molecule has 26 heavy (non-hydrogen) atoms. The molecule has 0 spiro atoms. The van der Waals surface area contributed by atoms with Crippen molar-refractivity contribution in [3.05, 3.63) is 29.3 Å². The predicted octanol–water partition coefficient (Wildman–Crippen LogP) is 5.13. The number of carbonyl (C=O) groups excluding carboxylic acids is 1. The first-order valence-electron chi connectivity index (χ1n) is 7.69. The summed E-state index contributed by atoms with van der Waals surface area (Å²) >= 11 is 0. The van der Waals surface area contributed by atoms with Crippen LogP contribution in [0.15, 0.2) is 18.2 Å². The number of anilines is 1. The summed E-state index contributed by atoms with van der Waals surface area (Å²) < 4.78 is 98.1. The van der Waals surface area contributed by atoms with Crippen molar-refractivity contribution in [3.8, 4) is 0 Å². The molecule has 10 heteroatoms. The first-order chi connectivity index (χ1) is 11.9. The van der Waals surface area contributed by atoms with Gasteiger partial charge >= 0.3 is 18.4 Å². The van der Waals surface area contributed by atoms with Gasteiger partial charge in [0.15, 0.2) is 0 Å². The lowest BCUT2D eigenvalue weighted by atomic mass is 9.83. The number of benzene rings is 1. The Hall–Kier alpha value is -2.00. The Morgan fingerprint density at radius 3 is 2.31 bits per heavy atom. The Labute approximate surface area is 144 Å². The number of ether oxygens (including phenoxy) is 1. The first-order valence-corrected chi connectivity index (χ1v) is 7.69. The van der Waals surface area contributed by atoms with Crippen LogP contribution in [0.2, 0.25) is 0 Å². The second kappa shape index (κ2) is 6.96. The third-order valence-corrected chi connectivity index (χ3v) is 4.05. The Balaban J connectivity index is 2.67. The molecule has 0 bridgehead atoms. The molecular formula is C16H16F7NO2. The molecule has 2 unspecified atom stereocenters. The lowest BCUT2D eigenvalue weighted by molar-refractivity contribution is -0.182. The maximum atomic E-state index is 13.5. The van der Waals surface area contributed by atoms with Gasteiger partial charge in [-0.25, -0.2) is 9.18 Å². The minimum absolute atomic E-state index is 0.353. The highest BCUT2D eigenvalue weighted by atomic mass is 19.4. The van der Waals surface area contributed by atoms with Crippen molar-refractivity contribution in [3.63, 3.8) is 0 Å². The van der Waals surface area contributed by atoms with Crippen LogP contribution in [0, 0.1) is 5.92 Å². The van der Waals surface area contributed by atoms with Crippen LogP contribution in [-0.2, 0) is 17.3 Å². The van der Waals surface area contributed by atoms with Gasteiger partial charge in [-0.15, -0.1) is 0 Å². The fourth-order valence-corrected chi connectivity index (χ4v) is 3.00. The van der Waals surface area contributed by atoms with Gasteiger partial charge in [-0.05, 0) is 38.0 Å². The van der Waals surface area contributed by atoms with Crippen LogP contribution >= 0.6 is 0 Å². The van der Waals surface area contributed by atoms with Crippen molar-refractivity contribution >= 4 is 11.8 Å². The molecule has 1 aromatic carbocycles. The third kappa shape index (κ3) is 3.88. The van der Waals surface area contributed by atoms with Crippen molar-refractivity contribution in [1.29, 1.82) is 0 Å². The number of fused-ring (bicyclic) bond motifs is 1. The van der Waals surface area contributed by atoms with Crippen molar-refractivity contribution in [2.45, 2.75) is 44.8 Å². The molecule has 1 aliphatic heterocycles. The quantitative estimate of drug-likeness (QED) is 0.659. The van der Waals surface area contributed by atoms with E-state index >= 15 is 0 Å². The highest BCUT2D eigenvalue weighted by Gasteiger charge is 2.53. The van der Waals surface area contributed by atoms with E-state index in [1.807, 2.05) is 0 Å². The molecule has 0 saturated carbocycles.